The standard InChI is InChI=1S/C39H42N6O7/c1-23-19-29-30(20-24(23)2)42-35(41-29)31-22-52-28(21-45(31)39(48)49)16-15-27-17-18-40-37(50-3)33(27)43-36(46)34(44-38(47)51-4)32(25-11-7-5-8-12-25)26-13-9-6-10-14-26/h5-14,17-20,28,31-32,34H,15-16,21-22H2,1-4H3,(H,41,42)(H,43,46)(H,44,47)(H,48,49)/t28-,31+,34+/m1/s1. The molecule has 3 aromatic carbocycles. The Labute approximate surface area is 301 Å². The molecule has 2 aromatic heterocycles. The smallest absolute Gasteiger partial charge is 0.408 e. The van der Waals surface area contributed by atoms with Crippen molar-refractivity contribution in [2.24, 2.45) is 0 Å². The van der Waals surface area contributed by atoms with E-state index in [1.807, 2.05) is 86.6 Å². The lowest BCUT2D eigenvalue weighted by molar-refractivity contribution is -0.118. The lowest BCUT2D eigenvalue weighted by atomic mass is 9.84. The Balaban J connectivity index is 1.22. The van der Waals surface area contributed by atoms with Crippen LogP contribution in [-0.4, -0.2) is 82.6 Å². The van der Waals surface area contributed by atoms with Crippen molar-refractivity contribution >= 4 is 34.8 Å². The van der Waals surface area contributed by atoms with Crippen LogP contribution in [0.1, 0.15) is 52.0 Å². The lowest BCUT2D eigenvalue weighted by Gasteiger charge is -2.37. The molecule has 1 saturated heterocycles. The highest BCUT2D eigenvalue weighted by Gasteiger charge is 2.36. The zero-order valence-electron chi connectivity index (χ0n) is 29.5. The SMILES string of the molecule is COC(=O)N[C@H](C(=O)Nc1c(CC[C@@H]2CN(C(=O)O)[C@H](c3nc4cc(C)c(C)cc4[nH]3)CO2)ccnc1OC)C(c1ccccc1)c1ccccc1. The Morgan fingerprint density at radius 2 is 1.67 bits per heavy atom. The highest BCUT2D eigenvalue weighted by molar-refractivity contribution is 5.99. The minimum atomic E-state index is -1.09. The summed E-state index contributed by atoms with van der Waals surface area (Å²) in [6, 6.07) is 22.9. The second kappa shape index (κ2) is 15.9. The van der Waals surface area contributed by atoms with Gasteiger partial charge in [-0.2, -0.15) is 0 Å². The number of aromatic nitrogens is 3. The number of imidazole rings is 1. The van der Waals surface area contributed by atoms with E-state index in [4.69, 9.17) is 19.2 Å². The molecule has 5 aromatic rings. The number of rotatable bonds is 11. The highest BCUT2D eigenvalue weighted by atomic mass is 16.5. The van der Waals surface area contributed by atoms with Crippen LogP contribution < -0.4 is 15.4 Å². The predicted octanol–water partition coefficient (Wildman–Crippen LogP) is 6.13. The van der Waals surface area contributed by atoms with E-state index in [1.54, 1.807) is 12.3 Å². The topological polar surface area (TPSA) is 168 Å². The summed E-state index contributed by atoms with van der Waals surface area (Å²) < 4.78 is 16.7. The summed E-state index contributed by atoms with van der Waals surface area (Å²) >= 11 is 0. The summed E-state index contributed by atoms with van der Waals surface area (Å²) in [5.41, 5.74) is 6.49. The molecule has 0 saturated carbocycles. The van der Waals surface area contributed by atoms with Gasteiger partial charge < -0.3 is 34.9 Å². The van der Waals surface area contributed by atoms with Crippen LogP contribution in [0.15, 0.2) is 85.1 Å². The molecule has 270 valence electrons. The number of hydrogen-bond donors (Lipinski definition) is 4. The number of carbonyl (C=O) groups is 3. The molecule has 13 heteroatoms. The number of nitrogens with one attached hydrogen (secondary N) is 3. The van der Waals surface area contributed by atoms with Gasteiger partial charge in [0.2, 0.25) is 11.8 Å². The fraction of sp³-hybridized carbons (Fsp3) is 0.308. The van der Waals surface area contributed by atoms with Gasteiger partial charge >= 0.3 is 12.2 Å². The van der Waals surface area contributed by atoms with Crippen LogP contribution in [0.3, 0.4) is 0 Å². The summed E-state index contributed by atoms with van der Waals surface area (Å²) in [7, 11) is 2.70. The van der Waals surface area contributed by atoms with Gasteiger partial charge in [0, 0.05) is 12.1 Å². The number of anilines is 1. The number of alkyl carbamates (subject to hydrolysis) is 1. The Hall–Kier alpha value is -5.95. The van der Waals surface area contributed by atoms with Crippen LogP contribution in [0, 0.1) is 13.8 Å². The lowest BCUT2D eigenvalue weighted by Crippen LogP contribution is -2.48. The summed E-state index contributed by atoms with van der Waals surface area (Å²) in [6.07, 6.45) is 0.149. The average molecular weight is 707 g/mol. The molecule has 3 heterocycles. The number of aryl methyl sites for hydroxylation is 3. The van der Waals surface area contributed by atoms with E-state index in [0.29, 0.717) is 29.9 Å². The first-order valence-electron chi connectivity index (χ1n) is 17.0. The Morgan fingerprint density at radius 1 is 1.00 bits per heavy atom. The summed E-state index contributed by atoms with van der Waals surface area (Å²) in [4.78, 5) is 53.1. The zero-order valence-corrected chi connectivity index (χ0v) is 29.5. The first kappa shape index (κ1) is 35.9. The molecule has 6 rings (SSSR count). The van der Waals surface area contributed by atoms with Gasteiger partial charge in [-0.05, 0) is 72.7 Å². The summed E-state index contributed by atoms with van der Waals surface area (Å²) in [5, 5.41) is 15.9. The van der Waals surface area contributed by atoms with Crippen LogP contribution in [0.4, 0.5) is 15.3 Å². The first-order valence-corrected chi connectivity index (χ1v) is 17.0. The van der Waals surface area contributed by atoms with Crippen molar-refractivity contribution in [2.45, 2.75) is 50.8 Å². The molecule has 1 aliphatic rings. The number of nitrogens with zero attached hydrogens (tertiary/aromatic N) is 3. The maximum Gasteiger partial charge on any atom is 0.408 e. The Kier molecular flexibility index (Phi) is 11.0. The van der Waals surface area contributed by atoms with Crippen molar-refractivity contribution in [1.82, 2.24) is 25.2 Å². The molecule has 0 unspecified atom stereocenters. The largest absolute Gasteiger partial charge is 0.480 e. The first-order chi connectivity index (χ1) is 25.2. The van der Waals surface area contributed by atoms with Gasteiger partial charge in [0.1, 0.15) is 23.6 Å². The molecule has 0 bridgehead atoms. The number of amides is 3. The maximum absolute atomic E-state index is 14.3. The zero-order chi connectivity index (χ0) is 36.8. The van der Waals surface area contributed by atoms with E-state index < -0.39 is 42.2 Å². The molecular weight excluding hydrogens is 664 g/mol. The van der Waals surface area contributed by atoms with Crippen molar-refractivity contribution in [2.75, 3.05) is 32.7 Å². The number of pyridine rings is 1. The van der Waals surface area contributed by atoms with E-state index in [9.17, 15) is 19.5 Å². The van der Waals surface area contributed by atoms with Crippen molar-refractivity contribution < 1.29 is 33.7 Å². The number of aromatic amines is 1. The molecule has 0 radical (unpaired) electrons. The highest BCUT2D eigenvalue weighted by Crippen LogP contribution is 2.33. The van der Waals surface area contributed by atoms with Crippen molar-refractivity contribution in [1.29, 1.82) is 0 Å². The number of carbonyl (C=O) groups excluding carboxylic acids is 2. The molecule has 13 nitrogen and oxygen atoms in total. The third-order valence-corrected chi connectivity index (χ3v) is 9.51. The minimum absolute atomic E-state index is 0.124. The van der Waals surface area contributed by atoms with Crippen LogP contribution in [0.2, 0.25) is 0 Å². The van der Waals surface area contributed by atoms with Gasteiger partial charge in [-0.15, -0.1) is 0 Å². The molecule has 4 N–H and O–H groups in total. The second-order valence-electron chi connectivity index (χ2n) is 12.8. The molecule has 3 atom stereocenters. The number of benzene rings is 3. The van der Waals surface area contributed by atoms with Gasteiger partial charge in [-0.1, -0.05) is 60.7 Å². The van der Waals surface area contributed by atoms with E-state index in [-0.39, 0.29) is 19.0 Å². The second-order valence-corrected chi connectivity index (χ2v) is 12.8. The van der Waals surface area contributed by atoms with Crippen molar-refractivity contribution in [3.8, 4) is 5.88 Å². The third-order valence-electron chi connectivity index (χ3n) is 9.51. The quantitative estimate of drug-likeness (QED) is 0.126. The fourth-order valence-corrected chi connectivity index (χ4v) is 6.65. The number of H-pyrrole nitrogens is 1. The molecule has 3 amide bonds. The third kappa shape index (κ3) is 7.84. The number of hydrogen-bond acceptors (Lipinski definition) is 8. The molecular formula is C39H42N6O7. The van der Waals surface area contributed by atoms with Crippen LogP contribution in [0.25, 0.3) is 11.0 Å². The Bertz CT molecular complexity index is 1960. The number of morpholine rings is 1. The maximum atomic E-state index is 14.3. The number of ether oxygens (including phenoxy) is 3. The number of carboxylic acid groups (broad SMARTS) is 1. The van der Waals surface area contributed by atoms with Gasteiger partial charge in [-0.3, -0.25) is 9.69 Å². The van der Waals surface area contributed by atoms with Gasteiger partial charge in [0.15, 0.2) is 0 Å². The molecule has 0 spiro atoms. The number of fused-ring (bicyclic) bond motifs is 1. The van der Waals surface area contributed by atoms with E-state index in [1.165, 1.54) is 19.1 Å². The van der Waals surface area contributed by atoms with Gasteiger partial charge in [-0.25, -0.2) is 19.6 Å². The Morgan fingerprint density at radius 3 is 2.31 bits per heavy atom. The van der Waals surface area contributed by atoms with Crippen LogP contribution in [0.5, 0.6) is 5.88 Å². The minimum Gasteiger partial charge on any atom is -0.480 e. The normalized spacial score (nSPS) is 16.4. The predicted molar refractivity (Wildman–Crippen MR) is 195 cm³/mol. The molecule has 1 aliphatic heterocycles. The molecule has 0 aliphatic carbocycles. The fourth-order valence-electron chi connectivity index (χ4n) is 6.65. The van der Waals surface area contributed by atoms with E-state index >= 15 is 0 Å². The van der Waals surface area contributed by atoms with E-state index in [0.717, 1.165) is 33.3 Å². The van der Waals surface area contributed by atoms with Crippen molar-refractivity contribution in [3.63, 3.8) is 0 Å². The van der Waals surface area contributed by atoms with Crippen molar-refractivity contribution in [3.05, 3.63) is 119 Å². The number of methoxy groups -OCH3 is 2. The molecule has 1 fully saturated rings. The monoisotopic (exact) mass is 706 g/mol. The van der Waals surface area contributed by atoms with Crippen LogP contribution >= 0.6 is 0 Å². The average Bonchev–Trinajstić information content (AvgIpc) is 3.57. The molecule has 52 heavy (non-hydrogen) atoms. The van der Waals surface area contributed by atoms with Gasteiger partial charge in [0.05, 0.1) is 44.5 Å². The summed E-state index contributed by atoms with van der Waals surface area (Å²) in [5.74, 6) is -0.367. The van der Waals surface area contributed by atoms with E-state index in [2.05, 4.69) is 20.6 Å². The summed E-state index contributed by atoms with van der Waals surface area (Å²) in [6.45, 7) is 4.28. The van der Waals surface area contributed by atoms with Crippen LogP contribution in [-0.2, 0) is 20.7 Å². The van der Waals surface area contributed by atoms with Gasteiger partial charge in [0.25, 0.3) is 0 Å².